The zero-order chi connectivity index (χ0) is 17.9. The van der Waals surface area contributed by atoms with Crippen LogP contribution in [0.25, 0.3) is 0 Å². The summed E-state index contributed by atoms with van der Waals surface area (Å²) in [5.41, 5.74) is 0. The van der Waals surface area contributed by atoms with E-state index in [-0.39, 0.29) is 24.0 Å². The molecule has 0 aromatic carbocycles. The Morgan fingerprint density at radius 2 is 1.89 bits per heavy atom. The summed E-state index contributed by atoms with van der Waals surface area (Å²) < 4.78 is 2.27. The molecule has 0 spiro atoms. The normalized spacial score (nSPS) is 24.2. The first kappa shape index (κ1) is 20.8. The van der Waals surface area contributed by atoms with Gasteiger partial charge in [0.15, 0.2) is 5.96 Å². The van der Waals surface area contributed by atoms with Crippen LogP contribution in [-0.2, 0) is 13.0 Å². The van der Waals surface area contributed by atoms with Gasteiger partial charge in [0.05, 0.1) is 0 Å². The summed E-state index contributed by atoms with van der Waals surface area (Å²) in [7, 11) is 1.88. The van der Waals surface area contributed by atoms with Gasteiger partial charge in [0.25, 0.3) is 0 Å². The molecule has 8 heteroatoms. The van der Waals surface area contributed by atoms with Crippen LogP contribution < -0.4 is 10.6 Å². The minimum Gasteiger partial charge on any atom is -0.356 e. The summed E-state index contributed by atoms with van der Waals surface area (Å²) in [6.45, 7) is 7.79. The molecule has 7 nitrogen and oxygen atoms in total. The number of guanidine groups is 1. The maximum absolute atomic E-state index is 4.45. The Kier molecular flexibility index (Phi) is 7.35. The van der Waals surface area contributed by atoms with E-state index in [1.165, 1.54) is 51.7 Å². The van der Waals surface area contributed by atoms with E-state index in [9.17, 15) is 0 Å². The summed E-state index contributed by atoms with van der Waals surface area (Å²) in [5, 5.41) is 15.7. The molecule has 2 N–H and O–H groups in total. The predicted octanol–water partition coefficient (Wildman–Crippen LogP) is 1.81. The molecule has 1 atom stereocenters. The van der Waals surface area contributed by atoms with Crippen LogP contribution in [-0.4, -0.2) is 64.9 Å². The number of hydrogen-bond acceptors (Lipinski definition) is 4. The van der Waals surface area contributed by atoms with Gasteiger partial charge in [-0.05, 0) is 50.9 Å². The summed E-state index contributed by atoms with van der Waals surface area (Å²) in [5.74, 6) is 4.73. The van der Waals surface area contributed by atoms with Gasteiger partial charge in [0.2, 0.25) is 0 Å². The van der Waals surface area contributed by atoms with Crippen LogP contribution in [0.1, 0.15) is 43.8 Å². The van der Waals surface area contributed by atoms with Crippen molar-refractivity contribution in [2.24, 2.45) is 16.8 Å². The van der Waals surface area contributed by atoms with Crippen molar-refractivity contribution in [3.63, 3.8) is 0 Å². The molecule has 1 unspecified atom stereocenters. The third-order valence-electron chi connectivity index (χ3n) is 6.15. The van der Waals surface area contributed by atoms with E-state index in [0.29, 0.717) is 12.0 Å². The molecule has 2 fully saturated rings. The SMILES string of the molecule is CN=C(NCC1CCc2nnc(C)n2C1)NC1CCN(CC2CC2)CC1.I. The highest BCUT2D eigenvalue weighted by molar-refractivity contribution is 14.0. The van der Waals surface area contributed by atoms with E-state index in [1.807, 2.05) is 14.0 Å². The van der Waals surface area contributed by atoms with Crippen LogP contribution in [0.3, 0.4) is 0 Å². The van der Waals surface area contributed by atoms with Crippen molar-refractivity contribution in [2.75, 3.05) is 33.2 Å². The average molecular weight is 487 g/mol. The van der Waals surface area contributed by atoms with E-state index >= 15 is 0 Å². The predicted molar refractivity (Wildman–Crippen MR) is 119 cm³/mol. The molecule has 4 rings (SSSR count). The first-order valence-electron chi connectivity index (χ1n) is 10.3. The number of likely N-dealkylation sites (tertiary alicyclic amines) is 1. The fraction of sp³-hybridized carbons (Fsp3) is 0.842. The van der Waals surface area contributed by atoms with E-state index in [0.717, 1.165) is 43.0 Å². The second-order valence-corrected chi connectivity index (χ2v) is 8.29. The lowest BCUT2D eigenvalue weighted by molar-refractivity contribution is 0.198. The van der Waals surface area contributed by atoms with Crippen molar-refractivity contribution >= 4 is 29.9 Å². The molecule has 27 heavy (non-hydrogen) atoms. The topological polar surface area (TPSA) is 70.4 Å². The lowest BCUT2D eigenvalue weighted by Gasteiger charge is -2.33. The highest BCUT2D eigenvalue weighted by atomic mass is 127. The van der Waals surface area contributed by atoms with Gasteiger partial charge in [-0.25, -0.2) is 0 Å². The highest BCUT2D eigenvalue weighted by Crippen LogP contribution is 2.30. The second kappa shape index (κ2) is 9.54. The molecule has 1 aliphatic carbocycles. The maximum Gasteiger partial charge on any atom is 0.191 e. The Morgan fingerprint density at radius 1 is 1.11 bits per heavy atom. The molecule has 2 aliphatic heterocycles. The van der Waals surface area contributed by atoms with Gasteiger partial charge in [-0.3, -0.25) is 4.99 Å². The Balaban J connectivity index is 0.00000210. The van der Waals surface area contributed by atoms with Crippen molar-refractivity contribution in [1.29, 1.82) is 0 Å². The number of hydrogen-bond donors (Lipinski definition) is 2. The summed E-state index contributed by atoms with van der Waals surface area (Å²) >= 11 is 0. The third kappa shape index (κ3) is 5.56. The third-order valence-corrected chi connectivity index (χ3v) is 6.15. The number of piperidine rings is 1. The van der Waals surface area contributed by atoms with Crippen LogP contribution in [0.15, 0.2) is 4.99 Å². The van der Waals surface area contributed by atoms with E-state index in [4.69, 9.17) is 0 Å². The van der Waals surface area contributed by atoms with Crippen molar-refractivity contribution in [2.45, 2.75) is 58.0 Å². The number of aryl methyl sites for hydroxylation is 2. The monoisotopic (exact) mass is 487 g/mol. The first-order valence-corrected chi connectivity index (χ1v) is 10.3. The fourth-order valence-electron chi connectivity index (χ4n) is 4.25. The van der Waals surface area contributed by atoms with Gasteiger partial charge in [-0.15, -0.1) is 34.2 Å². The number of nitrogens with one attached hydrogen (secondary N) is 2. The smallest absolute Gasteiger partial charge is 0.191 e. The Morgan fingerprint density at radius 3 is 2.59 bits per heavy atom. The highest BCUT2D eigenvalue weighted by Gasteiger charge is 2.27. The minimum absolute atomic E-state index is 0. The summed E-state index contributed by atoms with van der Waals surface area (Å²) in [4.78, 5) is 7.09. The number of rotatable bonds is 5. The molecular formula is C19H34IN7. The van der Waals surface area contributed by atoms with Gasteiger partial charge in [-0.2, -0.15) is 0 Å². The molecule has 1 saturated carbocycles. The van der Waals surface area contributed by atoms with E-state index in [2.05, 4.69) is 35.3 Å². The van der Waals surface area contributed by atoms with Gasteiger partial charge in [0, 0.05) is 52.2 Å². The number of halogens is 1. The molecule has 1 saturated heterocycles. The average Bonchev–Trinajstić information content (AvgIpc) is 3.41. The van der Waals surface area contributed by atoms with Crippen molar-refractivity contribution in [3.8, 4) is 0 Å². The molecule has 152 valence electrons. The molecule has 0 radical (unpaired) electrons. The number of aliphatic imine (C=N–C) groups is 1. The molecule has 1 aromatic heterocycles. The second-order valence-electron chi connectivity index (χ2n) is 8.29. The molecule has 3 heterocycles. The standard InChI is InChI=1S/C19H33N7.HI/c1-14-23-24-18-6-5-16(13-26(14)18)11-21-19(20-2)22-17-7-9-25(10-8-17)12-15-3-4-15;/h15-17H,3-13H2,1-2H3,(H2,20,21,22);1H. The largest absolute Gasteiger partial charge is 0.356 e. The number of aromatic nitrogens is 3. The summed E-state index contributed by atoms with van der Waals surface area (Å²) in [6, 6.07) is 0.551. The number of nitrogens with zero attached hydrogens (tertiary/aromatic N) is 5. The zero-order valence-electron chi connectivity index (χ0n) is 16.7. The lowest BCUT2D eigenvalue weighted by atomic mass is 9.99. The Hall–Kier alpha value is -0.900. The van der Waals surface area contributed by atoms with Crippen molar-refractivity contribution in [1.82, 2.24) is 30.3 Å². The van der Waals surface area contributed by atoms with Gasteiger partial charge in [-0.1, -0.05) is 0 Å². The van der Waals surface area contributed by atoms with Crippen LogP contribution >= 0.6 is 24.0 Å². The number of fused-ring (bicyclic) bond motifs is 1. The van der Waals surface area contributed by atoms with Crippen molar-refractivity contribution < 1.29 is 0 Å². The molecule has 1 aromatic rings. The maximum atomic E-state index is 4.45. The molecule has 3 aliphatic rings. The lowest BCUT2D eigenvalue weighted by Crippen LogP contribution is -2.50. The van der Waals surface area contributed by atoms with Crippen LogP contribution in [0, 0.1) is 18.8 Å². The minimum atomic E-state index is 0. The van der Waals surface area contributed by atoms with E-state index in [1.54, 1.807) is 0 Å². The molecule has 0 bridgehead atoms. The van der Waals surface area contributed by atoms with Gasteiger partial charge < -0.3 is 20.1 Å². The summed E-state index contributed by atoms with van der Waals surface area (Å²) in [6.07, 6.45) is 7.54. The van der Waals surface area contributed by atoms with Gasteiger partial charge >= 0.3 is 0 Å². The van der Waals surface area contributed by atoms with E-state index < -0.39 is 0 Å². The molecule has 0 amide bonds. The Bertz CT molecular complexity index is 632. The van der Waals surface area contributed by atoms with Crippen LogP contribution in [0.4, 0.5) is 0 Å². The van der Waals surface area contributed by atoms with Crippen LogP contribution in [0.2, 0.25) is 0 Å². The van der Waals surface area contributed by atoms with Crippen LogP contribution in [0.5, 0.6) is 0 Å². The Labute approximate surface area is 179 Å². The molecular weight excluding hydrogens is 453 g/mol. The first-order chi connectivity index (χ1) is 12.7. The van der Waals surface area contributed by atoms with Crippen molar-refractivity contribution in [3.05, 3.63) is 11.6 Å². The van der Waals surface area contributed by atoms with Gasteiger partial charge in [0.1, 0.15) is 11.6 Å². The zero-order valence-corrected chi connectivity index (χ0v) is 19.0. The quantitative estimate of drug-likeness (QED) is 0.377. The fourth-order valence-corrected chi connectivity index (χ4v) is 4.25.